The fourth-order valence-electron chi connectivity index (χ4n) is 2.13. The molecule has 0 aliphatic carbocycles. The number of carbonyl (C=O) groups is 1. The molecule has 112 valence electrons. The van der Waals surface area contributed by atoms with E-state index in [4.69, 9.17) is 0 Å². The van der Waals surface area contributed by atoms with E-state index in [0.717, 1.165) is 13.1 Å². The van der Waals surface area contributed by atoms with Gasteiger partial charge in [-0.05, 0) is 47.7 Å². The molecule has 7 heteroatoms. The largest absolute Gasteiger partial charge is 0.298 e. The number of rotatable bonds is 3. The van der Waals surface area contributed by atoms with Gasteiger partial charge in [0.05, 0.1) is 4.90 Å². The molecule has 0 N–H and O–H groups in total. The van der Waals surface area contributed by atoms with Gasteiger partial charge in [0.1, 0.15) is 0 Å². The van der Waals surface area contributed by atoms with E-state index in [1.807, 2.05) is 29.5 Å². The van der Waals surface area contributed by atoms with Gasteiger partial charge in [0.25, 0.3) is 10.0 Å². The second-order valence-electron chi connectivity index (χ2n) is 4.85. The number of carbonyl (C=O) groups excluding carboxylic acids is 1. The predicted molar refractivity (Wildman–Crippen MR) is 91.6 cm³/mol. The van der Waals surface area contributed by atoms with E-state index in [9.17, 15) is 13.2 Å². The van der Waals surface area contributed by atoms with Crippen molar-refractivity contribution in [1.82, 2.24) is 8.96 Å². The van der Waals surface area contributed by atoms with Crippen molar-refractivity contribution in [3.05, 3.63) is 57.4 Å². The van der Waals surface area contributed by atoms with Crippen molar-refractivity contribution >= 4 is 49.9 Å². The van der Waals surface area contributed by atoms with Crippen LogP contribution in [0.15, 0.2) is 47.6 Å². The Morgan fingerprint density at radius 3 is 2.55 bits per heavy atom. The van der Waals surface area contributed by atoms with E-state index in [1.54, 1.807) is 30.3 Å². The van der Waals surface area contributed by atoms with Gasteiger partial charge in [-0.1, -0.05) is 17.7 Å². The summed E-state index contributed by atoms with van der Waals surface area (Å²) in [5.74, 6) is 0. The third kappa shape index (κ3) is 2.44. The van der Waals surface area contributed by atoms with Gasteiger partial charge in [-0.3, -0.25) is 4.79 Å². The van der Waals surface area contributed by atoms with Crippen LogP contribution in [0.1, 0.15) is 15.9 Å². The van der Waals surface area contributed by atoms with Crippen molar-refractivity contribution in [3.8, 4) is 0 Å². The van der Waals surface area contributed by atoms with Crippen LogP contribution in [0, 0.1) is 10.5 Å². The average molecular weight is 426 g/mol. The molecule has 0 amide bonds. The monoisotopic (exact) mass is 426 g/mol. The van der Waals surface area contributed by atoms with Gasteiger partial charge in [-0.25, -0.2) is 17.4 Å². The zero-order valence-corrected chi connectivity index (χ0v) is 14.5. The molecule has 0 aliphatic heterocycles. The van der Waals surface area contributed by atoms with Crippen molar-refractivity contribution in [2.24, 2.45) is 0 Å². The molecule has 0 unspecified atom stereocenters. The molecule has 0 spiro atoms. The lowest BCUT2D eigenvalue weighted by Crippen LogP contribution is -2.12. The van der Waals surface area contributed by atoms with E-state index in [2.05, 4.69) is 4.98 Å². The molecule has 5 nitrogen and oxygen atoms in total. The van der Waals surface area contributed by atoms with Crippen LogP contribution in [0.2, 0.25) is 0 Å². The first kappa shape index (κ1) is 15.2. The molecular formula is C15H11IN2O3S. The standard InChI is InChI=1S/C15H11IN2O3S/c1-10-2-4-12(5-3-10)22(20,21)18-8-14(16)13-6-11(9-19)7-17-15(13)18/h2-9H,1H3. The summed E-state index contributed by atoms with van der Waals surface area (Å²) in [7, 11) is -3.72. The van der Waals surface area contributed by atoms with Crippen LogP contribution in [0.4, 0.5) is 0 Å². The fourth-order valence-corrected chi connectivity index (χ4v) is 4.32. The first-order valence-corrected chi connectivity index (χ1v) is 8.89. The van der Waals surface area contributed by atoms with Crippen molar-refractivity contribution in [1.29, 1.82) is 0 Å². The van der Waals surface area contributed by atoms with E-state index in [1.165, 1.54) is 12.4 Å². The topological polar surface area (TPSA) is 69.0 Å². The lowest BCUT2D eigenvalue weighted by molar-refractivity contribution is 0.112. The lowest BCUT2D eigenvalue weighted by Gasteiger charge is -2.07. The number of pyridine rings is 1. The molecule has 0 fully saturated rings. The lowest BCUT2D eigenvalue weighted by atomic mass is 10.2. The molecule has 0 radical (unpaired) electrons. The summed E-state index contributed by atoms with van der Waals surface area (Å²) < 4.78 is 27.4. The maximum Gasteiger partial charge on any atom is 0.269 e. The molecule has 0 saturated heterocycles. The highest BCUT2D eigenvalue weighted by Gasteiger charge is 2.21. The number of hydrogen-bond donors (Lipinski definition) is 0. The zero-order chi connectivity index (χ0) is 15.9. The van der Waals surface area contributed by atoms with E-state index in [-0.39, 0.29) is 4.90 Å². The predicted octanol–water partition coefficient (Wildman–Crippen LogP) is 3.00. The number of hydrogen-bond acceptors (Lipinski definition) is 4. The summed E-state index contributed by atoms with van der Waals surface area (Å²) in [4.78, 5) is 15.2. The van der Waals surface area contributed by atoms with Gasteiger partial charge in [0.2, 0.25) is 0 Å². The Bertz CT molecular complexity index is 976. The van der Waals surface area contributed by atoms with Gasteiger partial charge in [-0.2, -0.15) is 0 Å². The molecular weight excluding hydrogens is 415 g/mol. The highest BCUT2D eigenvalue weighted by atomic mass is 127. The number of aryl methyl sites for hydroxylation is 1. The molecule has 0 atom stereocenters. The fraction of sp³-hybridized carbons (Fsp3) is 0.0667. The number of fused-ring (bicyclic) bond motifs is 1. The Labute approximate surface area is 141 Å². The van der Waals surface area contributed by atoms with E-state index in [0.29, 0.717) is 22.9 Å². The molecule has 3 aromatic rings. The number of benzene rings is 1. The second-order valence-corrected chi connectivity index (χ2v) is 7.83. The summed E-state index contributed by atoms with van der Waals surface area (Å²) in [5.41, 5.74) is 1.71. The normalized spacial score (nSPS) is 11.7. The van der Waals surface area contributed by atoms with Crippen LogP contribution < -0.4 is 0 Å². The number of nitrogens with zero attached hydrogens (tertiary/aromatic N) is 2. The highest BCUT2D eigenvalue weighted by molar-refractivity contribution is 14.1. The molecule has 2 aromatic heterocycles. The maximum atomic E-state index is 12.8. The third-order valence-electron chi connectivity index (χ3n) is 3.30. The Kier molecular flexibility index (Phi) is 3.77. The molecule has 3 rings (SSSR count). The molecule has 22 heavy (non-hydrogen) atoms. The number of aldehydes is 1. The van der Waals surface area contributed by atoms with Crippen LogP contribution in [0.5, 0.6) is 0 Å². The summed E-state index contributed by atoms with van der Waals surface area (Å²) in [6, 6.07) is 8.29. The van der Waals surface area contributed by atoms with Crippen LogP contribution in [0.3, 0.4) is 0 Å². The minimum atomic E-state index is -3.72. The minimum absolute atomic E-state index is 0.202. The van der Waals surface area contributed by atoms with Crippen LogP contribution >= 0.6 is 22.6 Å². The van der Waals surface area contributed by atoms with Crippen LogP contribution in [-0.2, 0) is 10.0 Å². The van der Waals surface area contributed by atoms with Gasteiger partial charge in [0, 0.05) is 26.9 Å². The Morgan fingerprint density at radius 2 is 1.91 bits per heavy atom. The Balaban J connectivity index is 2.25. The third-order valence-corrected chi connectivity index (χ3v) is 5.82. The number of aromatic nitrogens is 2. The summed E-state index contributed by atoms with van der Waals surface area (Å²) >= 11 is 2.04. The number of halogens is 1. The van der Waals surface area contributed by atoms with Crippen LogP contribution in [0.25, 0.3) is 11.0 Å². The zero-order valence-electron chi connectivity index (χ0n) is 11.5. The summed E-state index contributed by atoms with van der Waals surface area (Å²) in [6.07, 6.45) is 3.57. The first-order chi connectivity index (χ1) is 10.4. The maximum absolute atomic E-state index is 12.8. The van der Waals surface area contributed by atoms with Gasteiger partial charge < -0.3 is 0 Å². The first-order valence-electron chi connectivity index (χ1n) is 6.37. The minimum Gasteiger partial charge on any atom is -0.298 e. The van der Waals surface area contributed by atoms with Crippen molar-refractivity contribution < 1.29 is 13.2 Å². The van der Waals surface area contributed by atoms with Gasteiger partial charge >= 0.3 is 0 Å². The molecule has 0 saturated carbocycles. The second kappa shape index (κ2) is 5.47. The Morgan fingerprint density at radius 1 is 1.23 bits per heavy atom. The van der Waals surface area contributed by atoms with Crippen molar-refractivity contribution in [2.75, 3.05) is 0 Å². The van der Waals surface area contributed by atoms with Gasteiger partial charge in [-0.15, -0.1) is 0 Å². The quantitative estimate of drug-likeness (QED) is 0.477. The SMILES string of the molecule is Cc1ccc(S(=O)(=O)n2cc(I)c3cc(C=O)cnc32)cc1. The van der Waals surface area contributed by atoms with Crippen molar-refractivity contribution in [3.63, 3.8) is 0 Å². The molecule has 0 bridgehead atoms. The van der Waals surface area contributed by atoms with Gasteiger partial charge in [0.15, 0.2) is 11.9 Å². The highest BCUT2D eigenvalue weighted by Crippen LogP contribution is 2.26. The smallest absolute Gasteiger partial charge is 0.269 e. The Hall–Kier alpha value is -1.74. The van der Waals surface area contributed by atoms with Crippen molar-refractivity contribution in [2.45, 2.75) is 11.8 Å². The summed E-state index contributed by atoms with van der Waals surface area (Å²) in [6.45, 7) is 1.90. The molecule has 2 heterocycles. The molecule has 1 aromatic carbocycles. The van der Waals surface area contributed by atoms with E-state index >= 15 is 0 Å². The van der Waals surface area contributed by atoms with E-state index < -0.39 is 10.0 Å². The summed E-state index contributed by atoms with van der Waals surface area (Å²) in [5, 5.41) is 0.640. The average Bonchev–Trinajstić information content (AvgIpc) is 2.85. The van der Waals surface area contributed by atoms with Crippen LogP contribution in [-0.4, -0.2) is 23.7 Å². The molecule has 0 aliphatic rings.